The van der Waals surface area contributed by atoms with Crippen molar-refractivity contribution in [1.82, 2.24) is 24.8 Å². The van der Waals surface area contributed by atoms with Gasteiger partial charge in [-0.25, -0.2) is 29.3 Å². The third-order valence-electron chi connectivity index (χ3n) is 7.88. The minimum absolute atomic E-state index is 0.0849. The Labute approximate surface area is 304 Å². The van der Waals surface area contributed by atoms with Crippen LogP contribution < -0.4 is 4.90 Å². The number of imide groups is 1. The molecule has 0 unspecified atom stereocenters. The fraction of sp³-hybridized carbons (Fsp3) is 0.526. The van der Waals surface area contributed by atoms with E-state index in [0.29, 0.717) is 56.2 Å². The van der Waals surface area contributed by atoms with Crippen LogP contribution in [0.25, 0.3) is 28.3 Å². The molecule has 0 saturated carbocycles. The molecule has 1 aliphatic heterocycles. The monoisotopic (exact) mass is 718 g/mol. The van der Waals surface area contributed by atoms with Gasteiger partial charge in [-0.2, -0.15) is 4.90 Å². The zero-order valence-electron chi connectivity index (χ0n) is 31.8. The minimum Gasteiger partial charge on any atom is -0.444 e. The molecule has 1 spiro atoms. The number of hydrogen-bond acceptors (Lipinski definition) is 11. The van der Waals surface area contributed by atoms with Gasteiger partial charge in [0.25, 0.3) is 0 Å². The van der Waals surface area contributed by atoms with Crippen LogP contribution in [0.3, 0.4) is 0 Å². The van der Waals surface area contributed by atoms with Gasteiger partial charge in [-0.1, -0.05) is 30.3 Å². The molecule has 14 nitrogen and oxygen atoms in total. The van der Waals surface area contributed by atoms with Crippen LogP contribution >= 0.6 is 0 Å². The lowest BCUT2D eigenvalue weighted by Crippen LogP contribution is -2.44. The Morgan fingerprint density at radius 3 is 1.94 bits per heavy atom. The first-order chi connectivity index (χ1) is 24.2. The van der Waals surface area contributed by atoms with Crippen LogP contribution in [0.4, 0.5) is 20.2 Å². The van der Waals surface area contributed by atoms with E-state index in [1.807, 2.05) is 51.1 Å². The fourth-order valence-corrected chi connectivity index (χ4v) is 5.58. The summed E-state index contributed by atoms with van der Waals surface area (Å²) in [5, 5.41) is 0. The van der Waals surface area contributed by atoms with Crippen molar-refractivity contribution in [2.75, 3.05) is 25.2 Å². The third-order valence-corrected chi connectivity index (χ3v) is 7.88. The summed E-state index contributed by atoms with van der Waals surface area (Å²) >= 11 is 0. The van der Waals surface area contributed by atoms with Crippen LogP contribution in [0.2, 0.25) is 0 Å². The summed E-state index contributed by atoms with van der Waals surface area (Å²) in [7, 11) is 1.68. The Hall–Kier alpha value is -4.82. The fourth-order valence-electron chi connectivity index (χ4n) is 5.58. The maximum Gasteiger partial charge on any atom is 0.425 e. The highest BCUT2D eigenvalue weighted by Gasteiger charge is 2.39. The van der Waals surface area contributed by atoms with Gasteiger partial charge in [0.1, 0.15) is 28.3 Å². The van der Waals surface area contributed by atoms with Crippen molar-refractivity contribution in [3.05, 3.63) is 54.0 Å². The number of nitrogens with one attached hydrogen (secondary N) is 1. The van der Waals surface area contributed by atoms with Gasteiger partial charge in [0.05, 0.1) is 37.0 Å². The van der Waals surface area contributed by atoms with Crippen molar-refractivity contribution in [3.8, 4) is 22.8 Å². The number of benzene rings is 1. The number of hydrogen-bond donors (Lipinski definition) is 1. The molecular weight excluding hydrogens is 668 g/mol. The molecular formula is C38H50N6O8. The van der Waals surface area contributed by atoms with Gasteiger partial charge in [-0.05, 0) is 79.9 Å². The molecule has 1 N–H and O–H groups in total. The molecule has 5 rings (SSSR count). The molecule has 3 aromatic rings. The second kappa shape index (κ2) is 14.7. The molecule has 14 heteroatoms. The largest absolute Gasteiger partial charge is 0.444 e. The van der Waals surface area contributed by atoms with Crippen LogP contribution in [0, 0.1) is 0 Å². The van der Waals surface area contributed by atoms with E-state index in [9.17, 15) is 14.4 Å². The van der Waals surface area contributed by atoms with Gasteiger partial charge < -0.3 is 33.6 Å². The van der Waals surface area contributed by atoms with E-state index in [0.717, 1.165) is 21.6 Å². The number of nitrogens with zero attached hydrogens (tertiary/aromatic N) is 5. The highest BCUT2D eigenvalue weighted by molar-refractivity contribution is 6.10. The number of rotatable bonds is 6. The summed E-state index contributed by atoms with van der Waals surface area (Å²) in [6.45, 7) is 17.2. The van der Waals surface area contributed by atoms with E-state index in [-0.39, 0.29) is 11.5 Å². The highest BCUT2D eigenvalue weighted by Crippen LogP contribution is 2.39. The standard InChI is InChI=1S/C38H50N6O8/c1-35(2,3)50-32(45)43(10)23-24-11-13-26(14-12-24)30-39-22-28(42-30)29-31(44(33(46)51-36(4,5)6)34(47)52-37(7,8)9)40-21-27(41-29)25-15-17-38(18-16-25)48-19-20-49-38/h11-15,21-22H,16-20,23H2,1-10H3,(H,39,42). The number of carbonyl (C=O) groups is 3. The van der Waals surface area contributed by atoms with E-state index in [1.54, 1.807) is 54.8 Å². The Morgan fingerprint density at radius 2 is 1.40 bits per heavy atom. The van der Waals surface area contributed by atoms with Crippen LogP contribution in [0.1, 0.15) is 92.8 Å². The molecule has 1 fully saturated rings. The predicted octanol–water partition coefficient (Wildman–Crippen LogP) is 7.89. The van der Waals surface area contributed by atoms with Crippen molar-refractivity contribution in [3.63, 3.8) is 0 Å². The maximum absolute atomic E-state index is 13.7. The molecule has 2 aliphatic rings. The van der Waals surface area contributed by atoms with Crippen molar-refractivity contribution < 1.29 is 38.1 Å². The Morgan fingerprint density at radius 1 is 0.827 bits per heavy atom. The first-order valence-corrected chi connectivity index (χ1v) is 17.4. The lowest BCUT2D eigenvalue weighted by Gasteiger charge is -2.31. The third kappa shape index (κ3) is 9.73. The summed E-state index contributed by atoms with van der Waals surface area (Å²) in [4.78, 5) is 59.6. The highest BCUT2D eigenvalue weighted by atomic mass is 16.7. The topological polar surface area (TPSA) is 158 Å². The molecule has 2 aromatic heterocycles. The van der Waals surface area contributed by atoms with E-state index in [1.165, 1.54) is 11.1 Å². The summed E-state index contributed by atoms with van der Waals surface area (Å²) in [6, 6.07) is 7.56. The summed E-state index contributed by atoms with van der Waals surface area (Å²) in [6.07, 6.45) is 4.62. The molecule has 3 amide bonds. The van der Waals surface area contributed by atoms with Crippen LogP contribution in [0.5, 0.6) is 0 Å². The number of H-pyrrole nitrogens is 1. The van der Waals surface area contributed by atoms with Crippen molar-refractivity contribution in [1.29, 1.82) is 0 Å². The molecule has 1 saturated heterocycles. The van der Waals surface area contributed by atoms with Gasteiger partial charge in [0.2, 0.25) is 0 Å². The normalized spacial score (nSPS) is 15.9. The average Bonchev–Trinajstić information content (AvgIpc) is 3.70. The molecule has 280 valence electrons. The summed E-state index contributed by atoms with van der Waals surface area (Å²) < 4.78 is 28.6. The summed E-state index contributed by atoms with van der Waals surface area (Å²) in [5.41, 5.74) is 1.30. The van der Waals surface area contributed by atoms with Crippen molar-refractivity contribution in [2.45, 2.75) is 111 Å². The molecule has 0 atom stereocenters. The number of anilines is 1. The smallest absolute Gasteiger partial charge is 0.425 e. The lowest BCUT2D eigenvalue weighted by molar-refractivity contribution is -0.159. The Bertz CT molecular complexity index is 1780. The molecule has 1 aromatic carbocycles. The SMILES string of the molecule is CN(Cc1ccc(-c2ncc(-c3nc(C4=CCC5(CC4)OCCO5)cnc3N(C(=O)OC(C)(C)C)C(=O)OC(C)(C)C)[nH]2)cc1)C(=O)OC(C)(C)C. The first-order valence-electron chi connectivity index (χ1n) is 17.4. The number of aromatic nitrogens is 4. The second-order valence-electron chi connectivity index (χ2n) is 15.9. The van der Waals surface area contributed by atoms with Gasteiger partial charge in [-0.15, -0.1) is 0 Å². The number of amides is 3. The van der Waals surface area contributed by atoms with E-state index in [2.05, 4.69) is 15.0 Å². The molecule has 3 heterocycles. The molecule has 1 aliphatic carbocycles. The van der Waals surface area contributed by atoms with Crippen LogP contribution in [0.15, 0.2) is 42.7 Å². The van der Waals surface area contributed by atoms with Gasteiger partial charge >= 0.3 is 18.3 Å². The van der Waals surface area contributed by atoms with Gasteiger partial charge in [0.15, 0.2) is 11.6 Å². The van der Waals surface area contributed by atoms with Crippen molar-refractivity contribution >= 4 is 29.7 Å². The number of allylic oxidation sites excluding steroid dienone is 1. The predicted molar refractivity (Wildman–Crippen MR) is 194 cm³/mol. The van der Waals surface area contributed by atoms with E-state index >= 15 is 0 Å². The zero-order chi connectivity index (χ0) is 38.1. The number of aromatic amines is 1. The number of carbonyl (C=O) groups excluding carboxylic acids is 3. The quantitative estimate of drug-likeness (QED) is 0.247. The first kappa shape index (κ1) is 38.4. The zero-order valence-corrected chi connectivity index (χ0v) is 31.8. The number of imidazole rings is 1. The molecule has 0 radical (unpaired) electrons. The Kier molecular flexibility index (Phi) is 10.8. The molecule has 0 bridgehead atoms. The Balaban J connectivity index is 1.51. The van der Waals surface area contributed by atoms with Crippen LogP contribution in [-0.4, -0.2) is 86.0 Å². The minimum atomic E-state index is -0.967. The molecule has 52 heavy (non-hydrogen) atoms. The summed E-state index contributed by atoms with van der Waals surface area (Å²) in [5.74, 6) is -0.197. The lowest BCUT2D eigenvalue weighted by atomic mass is 9.92. The van der Waals surface area contributed by atoms with Gasteiger partial charge in [-0.3, -0.25) is 0 Å². The van der Waals surface area contributed by atoms with E-state index < -0.39 is 40.9 Å². The average molecular weight is 719 g/mol. The number of ether oxygens (including phenoxy) is 5. The maximum atomic E-state index is 13.7. The van der Waals surface area contributed by atoms with Gasteiger partial charge in [0, 0.05) is 32.0 Å². The van der Waals surface area contributed by atoms with Crippen LogP contribution in [-0.2, 0) is 30.2 Å². The second-order valence-corrected chi connectivity index (χ2v) is 15.9. The van der Waals surface area contributed by atoms with E-state index in [4.69, 9.17) is 28.7 Å². The van der Waals surface area contributed by atoms with Crippen molar-refractivity contribution in [2.24, 2.45) is 0 Å².